The van der Waals surface area contributed by atoms with Crippen molar-refractivity contribution < 1.29 is 13.9 Å². The largest absolute Gasteiger partial charge is 0.455 e. The monoisotopic (exact) mass is 330 g/mol. The number of rotatable bonds is 2. The Morgan fingerprint density at radius 3 is 2.50 bits per heavy atom. The highest BCUT2D eigenvalue weighted by atomic mass is 19.1. The second-order valence-electron chi connectivity index (χ2n) is 7.37. The molecule has 1 aliphatic rings. The molecule has 0 aliphatic carbocycles. The number of halogens is 1. The number of anilines is 1. The van der Waals surface area contributed by atoms with Crippen LogP contribution in [0, 0.1) is 12.7 Å². The Kier molecular flexibility index (Phi) is 4.20. The molecule has 0 bridgehead atoms. The van der Waals surface area contributed by atoms with E-state index >= 15 is 0 Å². The third kappa shape index (κ3) is 3.35. The van der Waals surface area contributed by atoms with E-state index < -0.39 is 17.4 Å². The van der Waals surface area contributed by atoms with Gasteiger partial charge in [0.1, 0.15) is 16.9 Å². The summed E-state index contributed by atoms with van der Waals surface area (Å²) in [4.78, 5) is 19.1. The number of aromatic nitrogens is 1. The molecule has 0 N–H and O–H groups in total. The van der Waals surface area contributed by atoms with Crippen LogP contribution in [0.5, 0.6) is 0 Å². The van der Waals surface area contributed by atoms with Crippen molar-refractivity contribution in [1.29, 1.82) is 0 Å². The molecule has 4 nitrogen and oxygen atoms in total. The van der Waals surface area contributed by atoms with E-state index in [-0.39, 0.29) is 11.2 Å². The summed E-state index contributed by atoms with van der Waals surface area (Å²) in [6.45, 7) is 9.02. The second kappa shape index (κ2) is 6.04. The number of benzene rings is 1. The Morgan fingerprint density at radius 1 is 1.21 bits per heavy atom. The first-order chi connectivity index (χ1) is 11.2. The number of aryl methyl sites for hydroxylation is 1. The summed E-state index contributed by atoms with van der Waals surface area (Å²) >= 11 is 0. The van der Waals surface area contributed by atoms with Crippen LogP contribution in [0.25, 0.3) is 10.9 Å². The molecule has 3 rings (SSSR count). The third-order valence-electron chi connectivity index (χ3n) is 4.03. The van der Waals surface area contributed by atoms with Gasteiger partial charge in [0.05, 0.1) is 5.69 Å². The molecule has 24 heavy (non-hydrogen) atoms. The van der Waals surface area contributed by atoms with Crippen molar-refractivity contribution in [2.45, 2.75) is 46.1 Å². The number of esters is 1. The Labute approximate surface area is 141 Å². The standard InChI is InChI=1S/C19H23FN2O2/c1-12-9-13-11-15(22-7-5-6-8-22)17(18(23)24-19(2,3)4)21-16(13)14(20)10-12/h9-11H,5-8H2,1-4H3. The first kappa shape index (κ1) is 16.7. The van der Waals surface area contributed by atoms with E-state index in [1.54, 1.807) is 0 Å². The van der Waals surface area contributed by atoms with Crippen LogP contribution in [0.1, 0.15) is 49.7 Å². The summed E-state index contributed by atoms with van der Waals surface area (Å²) < 4.78 is 19.8. The molecule has 1 saturated heterocycles. The van der Waals surface area contributed by atoms with Gasteiger partial charge in [0, 0.05) is 18.5 Å². The predicted molar refractivity (Wildman–Crippen MR) is 93.1 cm³/mol. The molecule has 5 heteroatoms. The Balaban J connectivity index is 2.16. The molecule has 128 valence electrons. The molecular formula is C19H23FN2O2. The Hall–Kier alpha value is -2.17. The van der Waals surface area contributed by atoms with Gasteiger partial charge in [-0.3, -0.25) is 0 Å². The zero-order valence-electron chi connectivity index (χ0n) is 14.6. The number of nitrogens with zero attached hydrogens (tertiary/aromatic N) is 2. The molecule has 0 unspecified atom stereocenters. The van der Waals surface area contributed by atoms with Gasteiger partial charge in [-0.25, -0.2) is 14.2 Å². The van der Waals surface area contributed by atoms with Gasteiger partial charge >= 0.3 is 5.97 Å². The summed E-state index contributed by atoms with van der Waals surface area (Å²) in [5, 5.41) is 0.710. The number of carbonyl (C=O) groups excluding carboxylic acids is 1. The number of pyridine rings is 1. The highest BCUT2D eigenvalue weighted by molar-refractivity contribution is 5.98. The predicted octanol–water partition coefficient (Wildman–Crippen LogP) is 4.24. The number of fused-ring (bicyclic) bond motifs is 1. The van der Waals surface area contributed by atoms with Crippen LogP contribution in [0.2, 0.25) is 0 Å². The first-order valence-corrected chi connectivity index (χ1v) is 8.34. The maximum absolute atomic E-state index is 14.3. The van der Waals surface area contributed by atoms with E-state index in [1.165, 1.54) is 6.07 Å². The number of hydrogen-bond acceptors (Lipinski definition) is 4. The molecular weight excluding hydrogens is 307 g/mol. The molecule has 1 aliphatic heterocycles. The minimum atomic E-state index is -0.623. The maximum atomic E-state index is 14.3. The van der Waals surface area contributed by atoms with Crippen LogP contribution in [0.3, 0.4) is 0 Å². The van der Waals surface area contributed by atoms with Crippen LogP contribution in [-0.2, 0) is 4.74 Å². The molecule has 2 heterocycles. The van der Waals surface area contributed by atoms with Crippen molar-refractivity contribution in [3.8, 4) is 0 Å². The lowest BCUT2D eigenvalue weighted by atomic mass is 10.1. The smallest absolute Gasteiger partial charge is 0.359 e. The van der Waals surface area contributed by atoms with Gasteiger partial charge in [0.15, 0.2) is 5.69 Å². The highest BCUT2D eigenvalue weighted by Crippen LogP contribution is 2.30. The van der Waals surface area contributed by atoms with E-state index in [0.29, 0.717) is 5.39 Å². The lowest BCUT2D eigenvalue weighted by Crippen LogP contribution is -2.27. The Bertz CT molecular complexity index is 790. The first-order valence-electron chi connectivity index (χ1n) is 8.34. The van der Waals surface area contributed by atoms with E-state index in [9.17, 15) is 9.18 Å². The number of hydrogen-bond donors (Lipinski definition) is 0. The van der Waals surface area contributed by atoms with Gasteiger partial charge < -0.3 is 9.64 Å². The molecule has 0 atom stereocenters. The van der Waals surface area contributed by atoms with Crippen molar-refractivity contribution in [3.05, 3.63) is 35.3 Å². The van der Waals surface area contributed by atoms with Crippen molar-refractivity contribution in [1.82, 2.24) is 4.98 Å². The van der Waals surface area contributed by atoms with Crippen LogP contribution in [0.15, 0.2) is 18.2 Å². The average Bonchev–Trinajstić information content (AvgIpc) is 2.98. The van der Waals surface area contributed by atoms with Crippen LogP contribution < -0.4 is 4.90 Å². The summed E-state index contributed by atoms with van der Waals surface area (Å²) in [7, 11) is 0. The normalized spacial score (nSPS) is 15.1. The van der Waals surface area contributed by atoms with Gasteiger partial charge in [-0.15, -0.1) is 0 Å². The fourth-order valence-corrected chi connectivity index (χ4v) is 3.05. The molecule has 0 radical (unpaired) electrons. The summed E-state index contributed by atoms with van der Waals surface area (Å²) in [5.41, 5.74) is 1.35. The fraction of sp³-hybridized carbons (Fsp3) is 0.474. The number of carbonyl (C=O) groups is 1. The summed E-state index contributed by atoms with van der Waals surface area (Å²) in [5.74, 6) is -0.922. The van der Waals surface area contributed by atoms with Gasteiger partial charge in [0.2, 0.25) is 0 Å². The Morgan fingerprint density at radius 2 is 1.88 bits per heavy atom. The molecule has 0 saturated carbocycles. The van der Waals surface area contributed by atoms with Gasteiger partial charge in [-0.2, -0.15) is 0 Å². The van der Waals surface area contributed by atoms with E-state index in [4.69, 9.17) is 4.74 Å². The van der Waals surface area contributed by atoms with Crippen molar-refractivity contribution in [2.24, 2.45) is 0 Å². The maximum Gasteiger partial charge on any atom is 0.359 e. The SMILES string of the molecule is Cc1cc(F)c2nc(C(=O)OC(C)(C)C)c(N3CCCC3)cc2c1. The topological polar surface area (TPSA) is 42.4 Å². The zero-order valence-corrected chi connectivity index (χ0v) is 14.6. The second-order valence-corrected chi connectivity index (χ2v) is 7.37. The zero-order chi connectivity index (χ0) is 17.5. The van der Waals surface area contributed by atoms with Crippen molar-refractivity contribution >= 4 is 22.6 Å². The van der Waals surface area contributed by atoms with E-state index in [2.05, 4.69) is 9.88 Å². The average molecular weight is 330 g/mol. The molecule has 1 aromatic heterocycles. The number of ether oxygens (including phenoxy) is 1. The van der Waals surface area contributed by atoms with E-state index in [0.717, 1.165) is 37.2 Å². The molecule has 1 aromatic carbocycles. The van der Waals surface area contributed by atoms with Crippen LogP contribution in [0.4, 0.5) is 10.1 Å². The minimum Gasteiger partial charge on any atom is -0.455 e. The van der Waals surface area contributed by atoms with E-state index in [1.807, 2.05) is 39.8 Å². The van der Waals surface area contributed by atoms with Gasteiger partial charge in [-0.05, 0) is 64.3 Å². The quantitative estimate of drug-likeness (QED) is 0.773. The third-order valence-corrected chi connectivity index (χ3v) is 4.03. The van der Waals surface area contributed by atoms with Crippen molar-refractivity contribution in [3.63, 3.8) is 0 Å². The van der Waals surface area contributed by atoms with Gasteiger partial charge in [-0.1, -0.05) is 0 Å². The lowest BCUT2D eigenvalue weighted by molar-refractivity contribution is 0.00641. The highest BCUT2D eigenvalue weighted by Gasteiger charge is 2.26. The molecule has 0 amide bonds. The van der Waals surface area contributed by atoms with Crippen LogP contribution in [-0.4, -0.2) is 29.6 Å². The fourth-order valence-electron chi connectivity index (χ4n) is 3.05. The molecule has 0 spiro atoms. The lowest BCUT2D eigenvalue weighted by Gasteiger charge is -2.24. The van der Waals surface area contributed by atoms with Crippen molar-refractivity contribution in [2.75, 3.05) is 18.0 Å². The van der Waals surface area contributed by atoms with Gasteiger partial charge in [0.25, 0.3) is 0 Å². The van der Waals surface area contributed by atoms with Crippen LogP contribution >= 0.6 is 0 Å². The summed E-state index contributed by atoms with van der Waals surface area (Å²) in [6.07, 6.45) is 2.15. The minimum absolute atomic E-state index is 0.196. The summed E-state index contributed by atoms with van der Waals surface area (Å²) in [6, 6.07) is 5.19. The molecule has 1 fully saturated rings. The molecule has 2 aromatic rings.